The summed E-state index contributed by atoms with van der Waals surface area (Å²) in [6.45, 7) is 7.55. The molecule has 31 heavy (non-hydrogen) atoms. The highest BCUT2D eigenvalue weighted by atomic mass is 16.5. The van der Waals surface area contributed by atoms with Crippen LogP contribution in [0.1, 0.15) is 49.7 Å². The third-order valence-corrected chi connectivity index (χ3v) is 6.81. The maximum Gasteiger partial charge on any atom is 0.225 e. The summed E-state index contributed by atoms with van der Waals surface area (Å²) >= 11 is 0. The molecule has 0 bridgehead atoms. The lowest BCUT2D eigenvalue weighted by molar-refractivity contribution is -0.134. The van der Waals surface area contributed by atoms with Crippen molar-refractivity contribution in [3.63, 3.8) is 0 Å². The van der Waals surface area contributed by atoms with Crippen molar-refractivity contribution in [1.82, 2.24) is 20.4 Å². The van der Waals surface area contributed by atoms with Gasteiger partial charge in [0, 0.05) is 51.7 Å². The zero-order valence-corrected chi connectivity index (χ0v) is 18.9. The van der Waals surface area contributed by atoms with Crippen LogP contribution in [0.15, 0.2) is 21.5 Å². The number of hydrogen-bond donors (Lipinski definition) is 2. The van der Waals surface area contributed by atoms with Gasteiger partial charge in [0.1, 0.15) is 11.5 Å². The molecule has 8 heteroatoms. The molecular weight excluding hydrogens is 394 g/mol. The van der Waals surface area contributed by atoms with Crippen molar-refractivity contribution in [1.29, 1.82) is 0 Å². The Labute approximate surface area is 185 Å². The fraction of sp³-hybridized carbons (Fsp3) is 0.739. The molecule has 2 saturated heterocycles. The Bertz CT molecular complexity index is 752. The highest BCUT2D eigenvalue weighted by Crippen LogP contribution is 2.28. The van der Waals surface area contributed by atoms with Gasteiger partial charge < -0.3 is 24.7 Å². The van der Waals surface area contributed by atoms with Crippen molar-refractivity contribution in [3.8, 4) is 0 Å². The number of rotatable bonds is 6. The fourth-order valence-corrected chi connectivity index (χ4v) is 5.02. The summed E-state index contributed by atoms with van der Waals surface area (Å²) in [6.07, 6.45) is 5.48. The Kier molecular flexibility index (Phi) is 7.50. The first kappa shape index (κ1) is 22.1. The number of hydrogen-bond acceptors (Lipinski definition) is 5. The normalized spacial score (nSPS) is 24.5. The average Bonchev–Trinajstić information content (AvgIpc) is 3.56. The molecule has 0 aromatic carbocycles. The van der Waals surface area contributed by atoms with Crippen molar-refractivity contribution >= 4 is 11.9 Å². The van der Waals surface area contributed by atoms with E-state index in [9.17, 15) is 4.79 Å². The number of aliphatic imine (C=N–C) groups is 1. The van der Waals surface area contributed by atoms with Crippen LogP contribution in [0.5, 0.6) is 0 Å². The van der Waals surface area contributed by atoms with E-state index < -0.39 is 0 Å². The van der Waals surface area contributed by atoms with Gasteiger partial charge in [-0.2, -0.15) is 0 Å². The Morgan fingerprint density at radius 3 is 2.65 bits per heavy atom. The van der Waals surface area contributed by atoms with Crippen LogP contribution in [0.3, 0.4) is 0 Å². The van der Waals surface area contributed by atoms with E-state index in [4.69, 9.17) is 9.15 Å². The third-order valence-electron chi connectivity index (χ3n) is 6.81. The molecule has 0 spiro atoms. The molecule has 3 aliphatic rings. The molecule has 2 unspecified atom stereocenters. The van der Waals surface area contributed by atoms with E-state index >= 15 is 0 Å². The Morgan fingerprint density at radius 1 is 1.19 bits per heavy atom. The molecule has 1 saturated carbocycles. The smallest absolute Gasteiger partial charge is 0.225 e. The minimum atomic E-state index is 0.125. The topological polar surface area (TPSA) is 82.3 Å². The standard InChI is InChI=1S/C23H37N5O3/c1-17-7-8-21(31-17)20(27-11-13-30-14-12-27)15-25-23(24-2)26-19-9-10-28(16-19)22(29)18-5-3-4-6-18/h7-8,18-20H,3-6,9-16H2,1-2H3,(H2,24,25,26). The number of amides is 1. The molecule has 2 N–H and O–H groups in total. The van der Waals surface area contributed by atoms with Gasteiger partial charge in [-0.05, 0) is 38.3 Å². The number of nitrogens with one attached hydrogen (secondary N) is 2. The molecule has 1 aliphatic carbocycles. The van der Waals surface area contributed by atoms with Crippen LogP contribution in [0.2, 0.25) is 0 Å². The number of carbonyl (C=O) groups excluding carboxylic acids is 1. The number of aryl methyl sites for hydroxylation is 1. The lowest BCUT2D eigenvalue weighted by Gasteiger charge is -2.33. The number of carbonyl (C=O) groups is 1. The summed E-state index contributed by atoms with van der Waals surface area (Å²) in [5.74, 6) is 3.28. The van der Waals surface area contributed by atoms with Gasteiger partial charge in [0.25, 0.3) is 0 Å². The predicted octanol–water partition coefficient (Wildman–Crippen LogP) is 1.92. The Hall–Kier alpha value is -2.06. The van der Waals surface area contributed by atoms with Crippen LogP contribution in [0, 0.1) is 12.8 Å². The van der Waals surface area contributed by atoms with Crippen LogP contribution in [0.4, 0.5) is 0 Å². The first-order valence-corrected chi connectivity index (χ1v) is 11.8. The molecule has 3 fully saturated rings. The van der Waals surface area contributed by atoms with Crippen molar-refractivity contribution in [3.05, 3.63) is 23.7 Å². The molecule has 1 aromatic rings. The minimum absolute atomic E-state index is 0.125. The number of ether oxygens (including phenoxy) is 1. The van der Waals surface area contributed by atoms with Crippen LogP contribution < -0.4 is 10.6 Å². The molecule has 0 radical (unpaired) electrons. The largest absolute Gasteiger partial charge is 0.465 e. The second-order valence-corrected chi connectivity index (χ2v) is 8.96. The lowest BCUT2D eigenvalue weighted by Crippen LogP contribution is -2.49. The van der Waals surface area contributed by atoms with E-state index in [1.54, 1.807) is 7.05 Å². The molecule has 172 valence electrons. The monoisotopic (exact) mass is 431 g/mol. The zero-order chi connectivity index (χ0) is 21.6. The Balaban J connectivity index is 1.31. The number of nitrogens with zero attached hydrogens (tertiary/aromatic N) is 3. The zero-order valence-electron chi connectivity index (χ0n) is 18.9. The number of furan rings is 1. The SMILES string of the molecule is CN=C(NCC(c1ccc(C)o1)N1CCOCC1)NC1CCN(C(=O)C2CCCC2)C1. The summed E-state index contributed by atoms with van der Waals surface area (Å²) in [6, 6.07) is 4.45. The summed E-state index contributed by atoms with van der Waals surface area (Å²) < 4.78 is 11.5. The van der Waals surface area contributed by atoms with E-state index in [-0.39, 0.29) is 18.0 Å². The van der Waals surface area contributed by atoms with Crippen LogP contribution >= 0.6 is 0 Å². The molecule has 1 aromatic heterocycles. The molecule has 2 atom stereocenters. The van der Waals surface area contributed by atoms with Gasteiger partial charge >= 0.3 is 0 Å². The second-order valence-electron chi connectivity index (χ2n) is 8.96. The fourth-order valence-electron chi connectivity index (χ4n) is 5.02. The second kappa shape index (κ2) is 10.5. The van der Waals surface area contributed by atoms with E-state index in [2.05, 4.69) is 26.6 Å². The molecule has 3 heterocycles. The molecule has 4 rings (SSSR count). The van der Waals surface area contributed by atoms with E-state index in [1.165, 1.54) is 12.8 Å². The van der Waals surface area contributed by atoms with E-state index in [1.807, 2.05) is 17.9 Å². The highest BCUT2D eigenvalue weighted by molar-refractivity contribution is 5.81. The molecular formula is C23H37N5O3. The number of likely N-dealkylation sites (tertiary alicyclic amines) is 1. The van der Waals surface area contributed by atoms with Crippen molar-refractivity contribution < 1.29 is 13.9 Å². The average molecular weight is 432 g/mol. The lowest BCUT2D eigenvalue weighted by atomic mass is 10.1. The van der Waals surface area contributed by atoms with Gasteiger partial charge in [0.15, 0.2) is 5.96 Å². The van der Waals surface area contributed by atoms with Crippen LogP contribution in [-0.4, -0.2) is 80.7 Å². The molecule has 8 nitrogen and oxygen atoms in total. The van der Waals surface area contributed by atoms with Gasteiger partial charge in [0.05, 0.1) is 19.3 Å². The summed E-state index contributed by atoms with van der Waals surface area (Å²) in [7, 11) is 1.80. The first-order chi connectivity index (χ1) is 15.1. The van der Waals surface area contributed by atoms with E-state index in [0.717, 1.165) is 76.1 Å². The van der Waals surface area contributed by atoms with Crippen molar-refractivity contribution in [2.24, 2.45) is 10.9 Å². The van der Waals surface area contributed by atoms with Crippen molar-refractivity contribution in [2.75, 3.05) is 53.0 Å². The minimum Gasteiger partial charge on any atom is -0.465 e. The third kappa shape index (κ3) is 5.60. The van der Waals surface area contributed by atoms with Gasteiger partial charge in [-0.1, -0.05) is 12.8 Å². The van der Waals surface area contributed by atoms with Crippen molar-refractivity contribution in [2.45, 2.75) is 51.1 Å². The highest BCUT2D eigenvalue weighted by Gasteiger charge is 2.33. The van der Waals surface area contributed by atoms with Gasteiger partial charge in [-0.3, -0.25) is 14.7 Å². The van der Waals surface area contributed by atoms with Gasteiger partial charge in [0.2, 0.25) is 5.91 Å². The quantitative estimate of drug-likeness (QED) is 0.529. The molecule has 1 amide bonds. The first-order valence-electron chi connectivity index (χ1n) is 11.8. The number of guanidine groups is 1. The summed E-state index contributed by atoms with van der Waals surface area (Å²) in [5, 5.41) is 7.02. The predicted molar refractivity (Wildman–Crippen MR) is 120 cm³/mol. The van der Waals surface area contributed by atoms with Gasteiger partial charge in [-0.25, -0.2) is 0 Å². The molecule has 2 aliphatic heterocycles. The van der Waals surface area contributed by atoms with E-state index in [0.29, 0.717) is 12.5 Å². The van der Waals surface area contributed by atoms with Crippen LogP contribution in [-0.2, 0) is 9.53 Å². The summed E-state index contributed by atoms with van der Waals surface area (Å²) in [4.78, 5) is 21.6. The Morgan fingerprint density at radius 2 is 1.97 bits per heavy atom. The summed E-state index contributed by atoms with van der Waals surface area (Å²) in [5.41, 5.74) is 0. The maximum atomic E-state index is 12.7. The number of morpholine rings is 1. The van der Waals surface area contributed by atoms with Crippen LogP contribution in [0.25, 0.3) is 0 Å². The maximum absolute atomic E-state index is 12.7. The van der Waals surface area contributed by atoms with Gasteiger partial charge in [-0.15, -0.1) is 0 Å².